The number of hydrogen-bond acceptors (Lipinski definition) is 4. The van der Waals surface area contributed by atoms with Crippen molar-refractivity contribution < 1.29 is 14.4 Å². The molecule has 0 heterocycles. The van der Waals surface area contributed by atoms with Crippen LogP contribution in [0.3, 0.4) is 0 Å². The first-order valence-corrected chi connectivity index (χ1v) is 2.68. The zero-order chi connectivity index (χ0) is 6.57. The van der Waals surface area contributed by atoms with Gasteiger partial charge in [0.15, 0.2) is 0 Å². The third kappa shape index (κ3) is 2.00. The minimum absolute atomic E-state index is 0.0516. The van der Waals surface area contributed by atoms with Crippen molar-refractivity contribution in [3.05, 3.63) is 0 Å². The van der Waals surface area contributed by atoms with E-state index in [4.69, 9.17) is 0 Å². The zero-order valence-corrected chi connectivity index (χ0v) is 5.24. The molecule has 0 aromatic carbocycles. The largest absolute Gasteiger partial charge is 0.393 e. The van der Waals surface area contributed by atoms with E-state index in [1.807, 2.05) is 0 Å². The molecule has 0 bridgehead atoms. The molecule has 1 unspecified atom stereocenters. The molecule has 0 aliphatic rings. The number of hydrogen-bond donors (Lipinski definition) is 1. The molecule has 0 rings (SSSR count). The van der Waals surface area contributed by atoms with Gasteiger partial charge in [-0.05, 0) is 0 Å². The van der Waals surface area contributed by atoms with Gasteiger partial charge in [0.05, 0.1) is 0 Å². The molecule has 0 aliphatic heterocycles. The molecule has 0 amide bonds. The van der Waals surface area contributed by atoms with Gasteiger partial charge >= 0.3 is 5.97 Å². The molecule has 1 atom stereocenters. The topological polar surface area (TPSA) is 69.4 Å². The van der Waals surface area contributed by atoms with Gasteiger partial charge in [-0.1, -0.05) is 0 Å². The van der Waals surface area contributed by atoms with Gasteiger partial charge in [-0.2, -0.15) is 5.90 Å². The summed E-state index contributed by atoms with van der Waals surface area (Å²) in [6.07, 6.45) is 0.0516. The molecule has 0 saturated heterocycles. The van der Waals surface area contributed by atoms with Crippen molar-refractivity contribution in [2.45, 2.75) is 0 Å². The van der Waals surface area contributed by atoms with Gasteiger partial charge < -0.3 is 4.84 Å². The molecule has 0 spiro atoms. The quantitative estimate of drug-likeness (QED) is 0.295. The van der Waals surface area contributed by atoms with Crippen molar-refractivity contribution in [3.8, 4) is 0 Å². The van der Waals surface area contributed by atoms with E-state index in [0.717, 1.165) is 0 Å². The Morgan fingerprint density at radius 2 is 2.12 bits per heavy atom. The highest BCUT2D eigenvalue weighted by molar-refractivity contribution is 7.18. The van der Waals surface area contributed by atoms with E-state index in [9.17, 15) is 9.59 Å². The summed E-state index contributed by atoms with van der Waals surface area (Å²) in [7, 11) is 2.09. The van der Waals surface area contributed by atoms with E-state index in [-0.39, 0.29) is 6.16 Å². The molecule has 0 saturated carbocycles. The van der Waals surface area contributed by atoms with Crippen LogP contribution in [0.15, 0.2) is 0 Å². The van der Waals surface area contributed by atoms with Crippen molar-refractivity contribution in [3.63, 3.8) is 0 Å². The SMILES string of the molecule is NOC(=O)C(=O)CP. The highest BCUT2D eigenvalue weighted by Crippen LogP contribution is 1.83. The molecule has 0 aromatic heterocycles. The molecular weight excluding hydrogens is 129 g/mol. The molecule has 46 valence electrons. The molecule has 0 fully saturated rings. The molecule has 8 heavy (non-hydrogen) atoms. The van der Waals surface area contributed by atoms with Crippen molar-refractivity contribution in [2.24, 2.45) is 5.90 Å². The average molecular weight is 135 g/mol. The molecule has 2 N–H and O–H groups in total. The Kier molecular flexibility index (Phi) is 3.31. The molecule has 0 aromatic rings. The fourth-order valence-electron chi connectivity index (χ4n) is 0.149. The van der Waals surface area contributed by atoms with Gasteiger partial charge in [-0.3, -0.25) is 4.79 Å². The lowest BCUT2D eigenvalue weighted by atomic mass is 10.5. The second-order valence-corrected chi connectivity index (χ2v) is 1.44. The maximum atomic E-state index is 10.2. The standard InChI is InChI=1S/C3H6NO3P/c4-7-3(6)2(5)1-8/h1,4,8H2. The fraction of sp³-hybridized carbons (Fsp3) is 0.333. The molecule has 4 nitrogen and oxygen atoms in total. The van der Waals surface area contributed by atoms with E-state index in [1.165, 1.54) is 0 Å². The molecular formula is C3H6NO3P. The van der Waals surface area contributed by atoms with Crippen molar-refractivity contribution in [2.75, 3.05) is 6.16 Å². The summed E-state index contributed by atoms with van der Waals surface area (Å²) < 4.78 is 0. The highest BCUT2D eigenvalue weighted by atomic mass is 31.0. The van der Waals surface area contributed by atoms with Crippen LogP contribution in [0.1, 0.15) is 0 Å². The van der Waals surface area contributed by atoms with Gasteiger partial charge in [0.2, 0.25) is 5.78 Å². The van der Waals surface area contributed by atoms with Gasteiger partial charge in [0, 0.05) is 6.16 Å². The smallest absolute Gasteiger partial charge is 0.367 e. The van der Waals surface area contributed by atoms with Crippen molar-refractivity contribution in [1.29, 1.82) is 0 Å². The second-order valence-electron chi connectivity index (χ2n) is 1.03. The van der Waals surface area contributed by atoms with Gasteiger partial charge in [0.25, 0.3) is 0 Å². The fourth-order valence-corrected chi connectivity index (χ4v) is 0.316. The number of carbonyl (C=O) groups is 2. The predicted molar refractivity (Wildman–Crippen MR) is 29.9 cm³/mol. The van der Waals surface area contributed by atoms with Gasteiger partial charge in [-0.15, -0.1) is 9.24 Å². The maximum Gasteiger partial charge on any atom is 0.393 e. The lowest BCUT2D eigenvalue weighted by Crippen LogP contribution is -2.21. The molecule has 0 aliphatic carbocycles. The van der Waals surface area contributed by atoms with Crippen molar-refractivity contribution in [1.82, 2.24) is 0 Å². The second kappa shape index (κ2) is 3.52. The first kappa shape index (κ1) is 7.53. The number of rotatable bonds is 2. The van der Waals surface area contributed by atoms with Crippen LogP contribution < -0.4 is 5.90 Å². The first-order valence-electron chi connectivity index (χ1n) is 1.86. The van der Waals surface area contributed by atoms with Gasteiger partial charge in [0.1, 0.15) is 0 Å². The minimum Gasteiger partial charge on any atom is -0.367 e. The Hall–Kier alpha value is -0.470. The summed E-state index contributed by atoms with van der Waals surface area (Å²) >= 11 is 0. The summed E-state index contributed by atoms with van der Waals surface area (Å²) in [5, 5.41) is 0. The Morgan fingerprint density at radius 3 is 2.25 bits per heavy atom. The Labute approximate surface area is 48.5 Å². The van der Waals surface area contributed by atoms with Crippen LogP contribution in [0.5, 0.6) is 0 Å². The number of carbonyl (C=O) groups excluding carboxylic acids is 2. The zero-order valence-electron chi connectivity index (χ0n) is 4.09. The Bertz CT molecular complexity index is 99.1. The molecule has 5 heteroatoms. The van der Waals surface area contributed by atoms with E-state index in [0.29, 0.717) is 0 Å². The lowest BCUT2D eigenvalue weighted by Gasteiger charge is -1.89. The minimum atomic E-state index is -1.000. The number of Topliss-reactive ketones (excluding diaryl/α,β-unsaturated/α-hetero) is 1. The normalized spacial score (nSPS) is 8.25. The third-order valence-corrected chi connectivity index (χ3v) is 0.891. The van der Waals surface area contributed by atoms with Crippen LogP contribution >= 0.6 is 9.24 Å². The average Bonchev–Trinajstić information content (AvgIpc) is 1.84. The summed E-state index contributed by atoms with van der Waals surface area (Å²) in [5.41, 5.74) is 0. The maximum absolute atomic E-state index is 10.2. The van der Waals surface area contributed by atoms with Crippen LogP contribution in [0.25, 0.3) is 0 Å². The predicted octanol–water partition coefficient (Wildman–Crippen LogP) is -1.15. The van der Waals surface area contributed by atoms with Gasteiger partial charge in [-0.25, -0.2) is 4.79 Å². The summed E-state index contributed by atoms with van der Waals surface area (Å²) in [5.74, 6) is 2.73. The van der Waals surface area contributed by atoms with E-state index in [2.05, 4.69) is 20.0 Å². The van der Waals surface area contributed by atoms with E-state index in [1.54, 1.807) is 0 Å². The van der Waals surface area contributed by atoms with Crippen LogP contribution in [0, 0.1) is 0 Å². The highest BCUT2D eigenvalue weighted by Gasteiger charge is 2.09. The van der Waals surface area contributed by atoms with Crippen LogP contribution in [0.4, 0.5) is 0 Å². The van der Waals surface area contributed by atoms with Crippen LogP contribution in [0.2, 0.25) is 0 Å². The van der Waals surface area contributed by atoms with Crippen molar-refractivity contribution >= 4 is 21.0 Å². The Morgan fingerprint density at radius 1 is 1.62 bits per heavy atom. The summed E-state index contributed by atoms with van der Waals surface area (Å²) in [6, 6.07) is 0. The first-order chi connectivity index (χ1) is 3.72. The molecule has 0 radical (unpaired) electrons. The number of ketones is 1. The van der Waals surface area contributed by atoms with E-state index < -0.39 is 11.8 Å². The van der Waals surface area contributed by atoms with E-state index >= 15 is 0 Å². The lowest BCUT2D eigenvalue weighted by molar-refractivity contribution is -0.153. The van der Waals surface area contributed by atoms with Crippen LogP contribution in [-0.2, 0) is 14.4 Å². The Balaban J connectivity index is 3.64. The van der Waals surface area contributed by atoms with Crippen LogP contribution in [-0.4, -0.2) is 17.9 Å². The number of nitrogens with two attached hydrogens (primary N) is 1. The summed E-state index contributed by atoms with van der Waals surface area (Å²) in [6.45, 7) is 0. The monoisotopic (exact) mass is 135 g/mol. The summed E-state index contributed by atoms with van der Waals surface area (Å²) in [4.78, 5) is 23.8. The third-order valence-electron chi connectivity index (χ3n) is 0.520.